The largest absolute Gasteiger partial charge is 0.378 e. The van der Waals surface area contributed by atoms with Gasteiger partial charge in [0, 0.05) is 31.3 Å². The highest BCUT2D eigenvalue weighted by atomic mass is 16.1. The van der Waals surface area contributed by atoms with E-state index in [2.05, 4.69) is 0 Å². The van der Waals surface area contributed by atoms with Crippen molar-refractivity contribution in [2.75, 3.05) is 19.0 Å². The Bertz CT molecular complexity index is 376. The van der Waals surface area contributed by atoms with Gasteiger partial charge in [0.2, 0.25) is 0 Å². The number of rotatable bonds is 4. The molecule has 0 radical (unpaired) electrons. The topological polar surface area (TPSA) is 20.3 Å². The van der Waals surface area contributed by atoms with E-state index < -0.39 is 0 Å². The zero-order valence-electron chi connectivity index (χ0n) is 10.4. The van der Waals surface area contributed by atoms with Gasteiger partial charge in [-0.25, -0.2) is 0 Å². The van der Waals surface area contributed by atoms with E-state index in [1.807, 2.05) is 69.3 Å². The Hall–Kier alpha value is -1.57. The van der Waals surface area contributed by atoms with Crippen molar-refractivity contribution in [3.63, 3.8) is 0 Å². The quantitative estimate of drug-likeness (QED) is 0.570. The van der Waals surface area contributed by atoms with E-state index in [1.54, 1.807) is 0 Å². The van der Waals surface area contributed by atoms with Gasteiger partial charge in [-0.3, -0.25) is 4.79 Å². The van der Waals surface area contributed by atoms with E-state index >= 15 is 0 Å². The van der Waals surface area contributed by atoms with Crippen LogP contribution in [-0.4, -0.2) is 19.9 Å². The molecule has 86 valence electrons. The molecule has 0 saturated carbocycles. The number of anilines is 1. The maximum atomic E-state index is 12.0. The van der Waals surface area contributed by atoms with Crippen molar-refractivity contribution < 1.29 is 4.79 Å². The third-order valence-electron chi connectivity index (χ3n) is 2.56. The number of ketones is 1. The van der Waals surface area contributed by atoms with Gasteiger partial charge in [0.05, 0.1) is 0 Å². The molecule has 0 spiro atoms. The van der Waals surface area contributed by atoms with Crippen molar-refractivity contribution in [3.8, 4) is 0 Å². The lowest BCUT2D eigenvalue weighted by Gasteiger charge is -2.13. The number of hydrogen-bond acceptors (Lipinski definition) is 2. The van der Waals surface area contributed by atoms with Crippen molar-refractivity contribution in [1.29, 1.82) is 0 Å². The molecule has 1 rings (SSSR count). The second kappa shape index (κ2) is 5.50. The molecular formula is C14H19NO. The average molecular weight is 217 g/mol. The number of carbonyl (C=O) groups excluding carboxylic acids is 1. The van der Waals surface area contributed by atoms with Crippen LogP contribution < -0.4 is 4.90 Å². The predicted molar refractivity (Wildman–Crippen MR) is 69.1 cm³/mol. The minimum atomic E-state index is -0.0461. The molecule has 0 aliphatic rings. The molecule has 16 heavy (non-hydrogen) atoms. The van der Waals surface area contributed by atoms with Crippen LogP contribution in [0.25, 0.3) is 0 Å². The van der Waals surface area contributed by atoms with Crippen molar-refractivity contribution in [3.05, 3.63) is 42.0 Å². The Morgan fingerprint density at radius 1 is 1.25 bits per heavy atom. The molecule has 0 aromatic heterocycles. The van der Waals surface area contributed by atoms with E-state index in [1.165, 1.54) is 0 Å². The summed E-state index contributed by atoms with van der Waals surface area (Å²) >= 11 is 0. The first-order chi connectivity index (χ1) is 7.56. The Labute approximate surface area is 97.6 Å². The van der Waals surface area contributed by atoms with Gasteiger partial charge in [-0.15, -0.1) is 0 Å². The highest BCUT2D eigenvalue weighted by Gasteiger charge is 2.11. The fourth-order valence-electron chi connectivity index (χ4n) is 1.56. The van der Waals surface area contributed by atoms with E-state index in [-0.39, 0.29) is 11.7 Å². The summed E-state index contributed by atoms with van der Waals surface area (Å²) in [5.74, 6) is 0.124. The molecule has 1 aromatic rings. The van der Waals surface area contributed by atoms with Crippen LogP contribution in [0.3, 0.4) is 0 Å². The van der Waals surface area contributed by atoms with Crippen LogP contribution in [0.15, 0.2) is 36.4 Å². The number of benzene rings is 1. The highest BCUT2D eigenvalue weighted by molar-refractivity contribution is 5.98. The summed E-state index contributed by atoms with van der Waals surface area (Å²) < 4.78 is 0. The Balaban J connectivity index is 2.85. The lowest BCUT2D eigenvalue weighted by molar-refractivity contribution is 0.0953. The first-order valence-electron chi connectivity index (χ1n) is 5.50. The van der Waals surface area contributed by atoms with Gasteiger partial charge in [0.1, 0.15) is 0 Å². The van der Waals surface area contributed by atoms with Gasteiger partial charge in [0.15, 0.2) is 5.78 Å². The molecule has 0 aliphatic heterocycles. The molecule has 2 nitrogen and oxygen atoms in total. The highest BCUT2D eigenvalue weighted by Crippen LogP contribution is 2.15. The number of nitrogens with zero attached hydrogens (tertiary/aromatic N) is 1. The Kier molecular flexibility index (Phi) is 4.29. The van der Waals surface area contributed by atoms with Gasteiger partial charge in [0.25, 0.3) is 0 Å². The maximum Gasteiger partial charge on any atom is 0.169 e. The molecule has 1 aromatic carbocycles. The van der Waals surface area contributed by atoms with E-state index in [4.69, 9.17) is 0 Å². The Morgan fingerprint density at radius 2 is 1.81 bits per heavy atom. The molecule has 0 aliphatic carbocycles. The van der Waals surface area contributed by atoms with Crippen LogP contribution in [-0.2, 0) is 0 Å². The molecule has 2 heteroatoms. The van der Waals surface area contributed by atoms with Crippen LogP contribution in [0, 0.1) is 5.92 Å². The summed E-state index contributed by atoms with van der Waals surface area (Å²) in [5, 5.41) is 0. The summed E-state index contributed by atoms with van der Waals surface area (Å²) in [6.07, 6.45) is 3.83. The molecule has 0 heterocycles. The van der Waals surface area contributed by atoms with Gasteiger partial charge < -0.3 is 4.90 Å². The summed E-state index contributed by atoms with van der Waals surface area (Å²) in [6, 6.07) is 7.71. The second-order valence-electron chi connectivity index (χ2n) is 4.12. The third-order valence-corrected chi connectivity index (χ3v) is 2.56. The summed E-state index contributed by atoms with van der Waals surface area (Å²) in [5.41, 5.74) is 1.88. The Morgan fingerprint density at radius 3 is 2.25 bits per heavy atom. The zero-order chi connectivity index (χ0) is 12.1. The lowest BCUT2D eigenvalue weighted by Crippen LogP contribution is -2.11. The number of carbonyl (C=O) groups is 1. The SMILES string of the molecule is C/C=C/C(C)C(=O)c1ccc(N(C)C)cc1. The maximum absolute atomic E-state index is 12.0. The molecule has 1 unspecified atom stereocenters. The van der Waals surface area contributed by atoms with Crippen molar-refractivity contribution in [2.24, 2.45) is 5.92 Å². The summed E-state index contributed by atoms with van der Waals surface area (Å²) in [4.78, 5) is 14.0. The molecular weight excluding hydrogens is 198 g/mol. The van der Waals surface area contributed by atoms with Gasteiger partial charge in [-0.1, -0.05) is 19.1 Å². The van der Waals surface area contributed by atoms with Gasteiger partial charge in [-0.2, -0.15) is 0 Å². The van der Waals surface area contributed by atoms with E-state index in [0.29, 0.717) is 0 Å². The van der Waals surface area contributed by atoms with Crippen molar-refractivity contribution >= 4 is 11.5 Å². The average Bonchev–Trinajstić information content (AvgIpc) is 2.28. The first kappa shape index (κ1) is 12.5. The minimum Gasteiger partial charge on any atom is -0.378 e. The van der Waals surface area contributed by atoms with Crippen LogP contribution >= 0.6 is 0 Å². The monoisotopic (exact) mass is 217 g/mol. The number of hydrogen-bond donors (Lipinski definition) is 0. The smallest absolute Gasteiger partial charge is 0.169 e. The second-order valence-corrected chi connectivity index (χ2v) is 4.12. The summed E-state index contributed by atoms with van der Waals surface area (Å²) in [7, 11) is 3.97. The fraction of sp³-hybridized carbons (Fsp3) is 0.357. The van der Waals surface area contributed by atoms with Crippen LogP contribution in [0.2, 0.25) is 0 Å². The van der Waals surface area contributed by atoms with Gasteiger partial charge in [-0.05, 0) is 31.2 Å². The molecule has 0 amide bonds. The molecule has 0 N–H and O–H groups in total. The summed E-state index contributed by atoms with van der Waals surface area (Å²) in [6.45, 7) is 3.85. The first-order valence-corrected chi connectivity index (χ1v) is 5.50. The lowest BCUT2D eigenvalue weighted by atomic mass is 9.99. The molecule has 0 fully saturated rings. The molecule has 1 atom stereocenters. The molecule has 0 bridgehead atoms. The van der Waals surface area contributed by atoms with E-state index in [9.17, 15) is 4.79 Å². The normalized spacial score (nSPS) is 12.8. The van der Waals surface area contributed by atoms with Crippen molar-refractivity contribution in [2.45, 2.75) is 13.8 Å². The van der Waals surface area contributed by atoms with Crippen LogP contribution in [0.1, 0.15) is 24.2 Å². The van der Waals surface area contributed by atoms with Gasteiger partial charge >= 0.3 is 0 Å². The fourth-order valence-corrected chi connectivity index (χ4v) is 1.56. The zero-order valence-corrected chi connectivity index (χ0v) is 10.4. The number of Topliss-reactive ketones (excluding diaryl/α,β-unsaturated/α-hetero) is 1. The standard InChI is InChI=1S/C14H19NO/c1-5-6-11(2)14(16)12-7-9-13(10-8-12)15(3)4/h5-11H,1-4H3/b6-5+. The number of allylic oxidation sites excluding steroid dienone is 2. The van der Waals surface area contributed by atoms with Crippen LogP contribution in [0.4, 0.5) is 5.69 Å². The van der Waals surface area contributed by atoms with Crippen molar-refractivity contribution in [1.82, 2.24) is 0 Å². The predicted octanol–water partition coefficient (Wildman–Crippen LogP) is 3.15. The molecule has 0 saturated heterocycles. The van der Waals surface area contributed by atoms with E-state index in [0.717, 1.165) is 11.3 Å². The van der Waals surface area contributed by atoms with Crippen LogP contribution in [0.5, 0.6) is 0 Å². The minimum absolute atomic E-state index is 0.0461. The third kappa shape index (κ3) is 2.96.